The molecule has 0 bridgehead atoms. The predicted molar refractivity (Wildman–Crippen MR) is 79.1 cm³/mol. The molecule has 0 radical (unpaired) electrons. The molecule has 0 heterocycles. The Balaban J connectivity index is 2.30. The summed E-state index contributed by atoms with van der Waals surface area (Å²) in [6.07, 6.45) is 0. The third kappa shape index (κ3) is 3.71. The molecule has 2 aromatic rings. The fourth-order valence-corrected chi connectivity index (χ4v) is 3.48. The number of sulfonamides is 1. The number of hydrogen-bond donors (Lipinski definition) is 1. The highest BCUT2D eigenvalue weighted by Gasteiger charge is 2.27. The zero-order chi connectivity index (χ0) is 15.5. The van der Waals surface area contributed by atoms with E-state index in [1.807, 2.05) is 0 Å². The van der Waals surface area contributed by atoms with E-state index in [-0.39, 0.29) is 10.6 Å². The molecule has 0 aliphatic rings. The first-order chi connectivity index (χ1) is 9.85. The molecule has 21 heavy (non-hydrogen) atoms. The van der Waals surface area contributed by atoms with Crippen LogP contribution in [0.25, 0.3) is 0 Å². The van der Waals surface area contributed by atoms with Gasteiger partial charge in [-0.3, -0.25) is 4.52 Å². The van der Waals surface area contributed by atoms with Crippen LogP contribution in [0.2, 0.25) is 0 Å². The van der Waals surface area contributed by atoms with E-state index in [4.69, 9.17) is 14.2 Å². The van der Waals surface area contributed by atoms with Crippen LogP contribution in [0.3, 0.4) is 0 Å². The summed E-state index contributed by atoms with van der Waals surface area (Å²) < 4.78 is 45.4. The molecule has 0 spiro atoms. The molecule has 2 rings (SSSR count). The molecule has 2 N–H and O–H groups in total. The molecule has 0 amide bonds. The van der Waals surface area contributed by atoms with Crippen molar-refractivity contribution in [2.75, 3.05) is 7.11 Å². The van der Waals surface area contributed by atoms with Gasteiger partial charge in [-0.1, -0.05) is 18.2 Å². The van der Waals surface area contributed by atoms with Crippen LogP contribution in [0.5, 0.6) is 5.75 Å². The standard InChI is InChI=1S/C13H14NO5PS/c1-18-20(15,12-5-3-2-4-6-12)19-11-7-9-13(10-8-11)21(14,16)17/h2-10H,1H3,(H2,14,16,17). The van der Waals surface area contributed by atoms with Gasteiger partial charge in [0.05, 0.1) is 10.2 Å². The summed E-state index contributed by atoms with van der Waals surface area (Å²) in [6.45, 7) is 0. The SMILES string of the molecule is COP(=O)(Oc1ccc(S(N)(=O)=O)cc1)c1ccccc1. The van der Waals surface area contributed by atoms with Gasteiger partial charge in [0.15, 0.2) is 0 Å². The third-order valence-corrected chi connectivity index (χ3v) is 5.48. The summed E-state index contributed by atoms with van der Waals surface area (Å²) in [5.74, 6) is 0.219. The molecule has 0 saturated carbocycles. The van der Waals surface area contributed by atoms with E-state index in [0.29, 0.717) is 5.30 Å². The van der Waals surface area contributed by atoms with E-state index in [1.54, 1.807) is 30.3 Å². The average molecular weight is 327 g/mol. The van der Waals surface area contributed by atoms with Crippen molar-refractivity contribution in [1.82, 2.24) is 0 Å². The number of rotatable bonds is 5. The molecule has 1 atom stereocenters. The summed E-state index contributed by atoms with van der Waals surface area (Å²) in [7, 11) is -6.00. The van der Waals surface area contributed by atoms with Crippen LogP contribution in [-0.4, -0.2) is 15.5 Å². The van der Waals surface area contributed by atoms with Crippen LogP contribution in [0.1, 0.15) is 0 Å². The number of hydrogen-bond acceptors (Lipinski definition) is 5. The molecule has 0 aliphatic heterocycles. The highest BCUT2D eigenvalue weighted by atomic mass is 32.2. The lowest BCUT2D eigenvalue weighted by Crippen LogP contribution is -2.12. The van der Waals surface area contributed by atoms with E-state index >= 15 is 0 Å². The second-order valence-electron chi connectivity index (χ2n) is 4.12. The van der Waals surface area contributed by atoms with Crippen LogP contribution in [0.4, 0.5) is 0 Å². The highest BCUT2D eigenvalue weighted by Crippen LogP contribution is 2.46. The van der Waals surface area contributed by atoms with Crippen molar-refractivity contribution in [3.63, 3.8) is 0 Å². The minimum atomic E-state index is -3.78. The van der Waals surface area contributed by atoms with Gasteiger partial charge < -0.3 is 4.52 Å². The molecule has 0 aliphatic carbocycles. The van der Waals surface area contributed by atoms with Gasteiger partial charge in [0, 0.05) is 7.11 Å². The molecular weight excluding hydrogens is 313 g/mol. The van der Waals surface area contributed by atoms with Crippen molar-refractivity contribution < 1.29 is 22.0 Å². The van der Waals surface area contributed by atoms with Crippen LogP contribution >= 0.6 is 7.60 Å². The van der Waals surface area contributed by atoms with Gasteiger partial charge in [-0.25, -0.2) is 18.1 Å². The Bertz CT molecular complexity index is 759. The number of benzene rings is 2. The zero-order valence-electron chi connectivity index (χ0n) is 11.2. The quantitative estimate of drug-likeness (QED) is 0.846. The van der Waals surface area contributed by atoms with Crippen LogP contribution in [-0.2, 0) is 19.1 Å². The Kier molecular flexibility index (Phi) is 4.49. The Morgan fingerprint density at radius 2 is 1.57 bits per heavy atom. The maximum absolute atomic E-state index is 12.6. The first kappa shape index (κ1) is 15.7. The van der Waals surface area contributed by atoms with Gasteiger partial charge in [-0.2, -0.15) is 0 Å². The molecule has 0 aromatic heterocycles. The Hall–Kier alpha value is -1.66. The molecule has 112 valence electrons. The maximum Gasteiger partial charge on any atom is 0.410 e. The van der Waals surface area contributed by atoms with Crippen LogP contribution in [0, 0.1) is 0 Å². The van der Waals surface area contributed by atoms with Crippen molar-refractivity contribution in [1.29, 1.82) is 0 Å². The van der Waals surface area contributed by atoms with Gasteiger partial charge in [0.2, 0.25) is 10.0 Å². The molecule has 1 unspecified atom stereocenters. The van der Waals surface area contributed by atoms with Crippen LogP contribution < -0.4 is 15.0 Å². The molecule has 0 fully saturated rings. The summed E-state index contributed by atoms with van der Waals surface area (Å²) in [4.78, 5) is -0.0539. The van der Waals surface area contributed by atoms with Gasteiger partial charge in [-0.05, 0) is 36.4 Å². The minimum absolute atomic E-state index is 0.0539. The second kappa shape index (κ2) is 5.99. The highest BCUT2D eigenvalue weighted by molar-refractivity contribution is 7.89. The monoisotopic (exact) mass is 327 g/mol. The minimum Gasteiger partial charge on any atom is -0.421 e. The lowest BCUT2D eigenvalue weighted by Gasteiger charge is -2.17. The lowest BCUT2D eigenvalue weighted by molar-refractivity contribution is 0.334. The van der Waals surface area contributed by atoms with Crippen molar-refractivity contribution in [2.45, 2.75) is 4.90 Å². The van der Waals surface area contributed by atoms with Gasteiger partial charge in [0.25, 0.3) is 0 Å². The topological polar surface area (TPSA) is 95.7 Å². The van der Waals surface area contributed by atoms with E-state index in [1.165, 1.54) is 31.4 Å². The largest absolute Gasteiger partial charge is 0.421 e. The van der Waals surface area contributed by atoms with E-state index in [2.05, 4.69) is 0 Å². The van der Waals surface area contributed by atoms with E-state index in [0.717, 1.165) is 0 Å². The number of primary sulfonamides is 1. The fraction of sp³-hybridized carbons (Fsp3) is 0.0769. The first-order valence-electron chi connectivity index (χ1n) is 5.89. The molecule has 8 heteroatoms. The Labute approximate surface area is 123 Å². The first-order valence-corrected chi connectivity index (χ1v) is 8.98. The summed E-state index contributed by atoms with van der Waals surface area (Å²) in [6, 6.07) is 13.8. The van der Waals surface area contributed by atoms with E-state index < -0.39 is 17.6 Å². The second-order valence-corrected chi connectivity index (χ2v) is 7.74. The van der Waals surface area contributed by atoms with Crippen molar-refractivity contribution in [3.8, 4) is 5.75 Å². The van der Waals surface area contributed by atoms with Crippen LogP contribution in [0.15, 0.2) is 59.5 Å². The van der Waals surface area contributed by atoms with Gasteiger partial charge in [0.1, 0.15) is 5.75 Å². The molecular formula is C13H14NO5PS. The Morgan fingerprint density at radius 1 is 1.00 bits per heavy atom. The van der Waals surface area contributed by atoms with Crippen molar-refractivity contribution >= 4 is 22.9 Å². The smallest absolute Gasteiger partial charge is 0.410 e. The predicted octanol–water partition coefficient (Wildman–Crippen LogP) is 1.88. The normalized spacial score (nSPS) is 14.4. The Morgan fingerprint density at radius 3 is 2.05 bits per heavy atom. The maximum atomic E-state index is 12.6. The average Bonchev–Trinajstić information content (AvgIpc) is 2.47. The zero-order valence-corrected chi connectivity index (χ0v) is 12.9. The summed E-state index contributed by atoms with van der Waals surface area (Å²) >= 11 is 0. The lowest BCUT2D eigenvalue weighted by atomic mass is 10.3. The van der Waals surface area contributed by atoms with Gasteiger partial charge in [-0.15, -0.1) is 0 Å². The molecule has 6 nitrogen and oxygen atoms in total. The molecule has 2 aromatic carbocycles. The fourth-order valence-electron chi connectivity index (χ4n) is 1.63. The van der Waals surface area contributed by atoms with Crippen molar-refractivity contribution in [3.05, 3.63) is 54.6 Å². The summed E-state index contributed by atoms with van der Waals surface area (Å²) in [5, 5.41) is 5.41. The summed E-state index contributed by atoms with van der Waals surface area (Å²) in [5.41, 5.74) is 0. The van der Waals surface area contributed by atoms with Crippen molar-refractivity contribution in [2.24, 2.45) is 5.14 Å². The van der Waals surface area contributed by atoms with Gasteiger partial charge >= 0.3 is 7.60 Å². The van der Waals surface area contributed by atoms with E-state index in [9.17, 15) is 13.0 Å². The molecule has 0 saturated heterocycles. The third-order valence-electron chi connectivity index (χ3n) is 2.69. The number of nitrogens with two attached hydrogens (primary N) is 1.